The van der Waals surface area contributed by atoms with E-state index in [0.29, 0.717) is 0 Å². The van der Waals surface area contributed by atoms with E-state index in [1.54, 1.807) is 0 Å². The van der Waals surface area contributed by atoms with E-state index in [0.717, 1.165) is 17.7 Å². The Labute approximate surface area is 102 Å². The maximum absolute atomic E-state index is 6.09. The number of hydrogen-bond acceptors (Lipinski definition) is 3. The summed E-state index contributed by atoms with van der Waals surface area (Å²) < 4.78 is 6.09. The van der Waals surface area contributed by atoms with Crippen LogP contribution in [0.4, 0.5) is 0 Å². The van der Waals surface area contributed by atoms with Gasteiger partial charge in [0.25, 0.3) is 0 Å². The Morgan fingerprint density at radius 1 is 1.24 bits per heavy atom. The lowest BCUT2D eigenvalue weighted by Gasteiger charge is -2.42. The first-order valence-corrected chi connectivity index (χ1v) is 6.12. The maximum Gasteiger partial charge on any atom is 0.176 e. The first-order chi connectivity index (χ1) is 7.87. The Hall–Kier alpha value is -1.06. The topological polar surface area (TPSA) is 43.7 Å². The molecule has 17 heavy (non-hydrogen) atoms. The van der Waals surface area contributed by atoms with Crippen molar-refractivity contribution < 1.29 is 9.57 Å². The quantitative estimate of drug-likeness (QED) is 0.758. The highest BCUT2D eigenvalue weighted by molar-refractivity contribution is 5.45. The van der Waals surface area contributed by atoms with Crippen molar-refractivity contribution in [1.82, 2.24) is 5.48 Å². The third kappa shape index (κ3) is 1.94. The molecule has 1 aromatic rings. The third-order valence-corrected chi connectivity index (χ3v) is 3.53. The Kier molecular flexibility index (Phi) is 2.11. The molecule has 0 aliphatic carbocycles. The standard InChI is InChI=1S/C14H19NO2/c1-13(2)8-14(3,4)16-11-7-9(12-15-17-12)5-6-10(11)13/h5-7,12,15H,8H2,1-4H3. The highest BCUT2D eigenvalue weighted by Gasteiger charge is 2.39. The number of benzene rings is 1. The van der Waals surface area contributed by atoms with Gasteiger partial charge in [-0.15, -0.1) is 0 Å². The molecule has 1 fully saturated rings. The summed E-state index contributed by atoms with van der Waals surface area (Å²) in [5, 5.41) is 0. The van der Waals surface area contributed by atoms with Crippen molar-refractivity contribution in [3.63, 3.8) is 0 Å². The van der Waals surface area contributed by atoms with Gasteiger partial charge in [-0.05, 0) is 37.3 Å². The summed E-state index contributed by atoms with van der Waals surface area (Å²) >= 11 is 0. The minimum absolute atomic E-state index is 0.0528. The van der Waals surface area contributed by atoms with Crippen molar-refractivity contribution in [2.45, 2.75) is 51.4 Å². The van der Waals surface area contributed by atoms with Crippen LogP contribution in [0.2, 0.25) is 0 Å². The van der Waals surface area contributed by atoms with Crippen LogP contribution in [0.3, 0.4) is 0 Å². The first-order valence-electron chi connectivity index (χ1n) is 6.12. The molecule has 92 valence electrons. The second-order valence-corrected chi connectivity index (χ2v) is 6.29. The molecule has 1 N–H and O–H groups in total. The highest BCUT2D eigenvalue weighted by atomic mass is 16.8. The molecule has 2 aliphatic rings. The molecule has 1 aromatic carbocycles. The molecule has 0 spiro atoms. The maximum atomic E-state index is 6.09. The fraction of sp³-hybridized carbons (Fsp3) is 0.571. The van der Waals surface area contributed by atoms with Crippen molar-refractivity contribution in [2.75, 3.05) is 0 Å². The zero-order chi connectivity index (χ0) is 12.3. The van der Waals surface area contributed by atoms with Gasteiger partial charge in [-0.3, -0.25) is 4.84 Å². The van der Waals surface area contributed by atoms with Crippen molar-refractivity contribution >= 4 is 0 Å². The average Bonchev–Trinajstić information content (AvgIpc) is 2.95. The van der Waals surface area contributed by atoms with Crippen LogP contribution in [0.15, 0.2) is 18.2 Å². The lowest BCUT2D eigenvalue weighted by molar-refractivity contribution is 0.0532. The van der Waals surface area contributed by atoms with Crippen molar-refractivity contribution in [3.05, 3.63) is 29.3 Å². The SMILES string of the molecule is CC1(C)CC(C)(C)c2ccc(C3NO3)cc2O1. The molecule has 1 saturated heterocycles. The number of nitrogens with one attached hydrogen (secondary N) is 1. The Morgan fingerprint density at radius 3 is 2.59 bits per heavy atom. The van der Waals surface area contributed by atoms with E-state index in [1.807, 2.05) is 0 Å². The molecule has 3 nitrogen and oxygen atoms in total. The predicted octanol–water partition coefficient (Wildman–Crippen LogP) is 3.06. The van der Waals surface area contributed by atoms with E-state index < -0.39 is 0 Å². The van der Waals surface area contributed by atoms with Gasteiger partial charge in [0.2, 0.25) is 0 Å². The molecule has 0 amide bonds. The monoisotopic (exact) mass is 233 g/mol. The predicted molar refractivity (Wildman–Crippen MR) is 65.8 cm³/mol. The van der Waals surface area contributed by atoms with Crippen LogP contribution in [0.1, 0.15) is 51.5 Å². The van der Waals surface area contributed by atoms with E-state index in [-0.39, 0.29) is 17.2 Å². The van der Waals surface area contributed by atoms with Crippen LogP contribution in [-0.2, 0) is 10.3 Å². The normalized spacial score (nSPS) is 28.1. The largest absolute Gasteiger partial charge is 0.488 e. The molecule has 3 rings (SSSR count). The fourth-order valence-corrected chi connectivity index (χ4v) is 3.01. The molecule has 0 radical (unpaired) electrons. The summed E-state index contributed by atoms with van der Waals surface area (Å²) in [5.41, 5.74) is 5.33. The number of ether oxygens (including phenoxy) is 1. The molecule has 2 heterocycles. The molecule has 0 aromatic heterocycles. The summed E-state index contributed by atoms with van der Waals surface area (Å²) in [4.78, 5) is 5.08. The van der Waals surface area contributed by atoms with Gasteiger partial charge in [0.1, 0.15) is 11.4 Å². The lowest BCUT2D eigenvalue weighted by Crippen LogP contribution is -2.41. The molecule has 0 bridgehead atoms. The minimum Gasteiger partial charge on any atom is -0.488 e. The Bertz CT molecular complexity index is 461. The summed E-state index contributed by atoms with van der Waals surface area (Å²) in [5.74, 6) is 1.00. The molecular formula is C14H19NO2. The van der Waals surface area contributed by atoms with Crippen LogP contribution < -0.4 is 10.2 Å². The van der Waals surface area contributed by atoms with Gasteiger partial charge >= 0.3 is 0 Å². The van der Waals surface area contributed by atoms with E-state index >= 15 is 0 Å². The van der Waals surface area contributed by atoms with Crippen LogP contribution in [0.5, 0.6) is 5.75 Å². The lowest BCUT2D eigenvalue weighted by atomic mass is 9.73. The molecule has 1 unspecified atom stereocenters. The van der Waals surface area contributed by atoms with Crippen molar-refractivity contribution in [3.8, 4) is 5.75 Å². The summed E-state index contributed by atoms with van der Waals surface area (Å²) in [7, 11) is 0. The Morgan fingerprint density at radius 2 is 1.94 bits per heavy atom. The van der Waals surface area contributed by atoms with Crippen LogP contribution in [0.25, 0.3) is 0 Å². The summed E-state index contributed by atoms with van der Waals surface area (Å²) in [6, 6.07) is 6.39. The summed E-state index contributed by atoms with van der Waals surface area (Å²) in [6.45, 7) is 8.86. The number of fused-ring (bicyclic) bond motifs is 1. The molecule has 3 heteroatoms. The second kappa shape index (κ2) is 3.24. The zero-order valence-corrected chi connectivity index (χ0v) is 10.8. The van der Waals surface area contributed by atoms with Crippen LogP contribution >= 0.6 is 0 Å². The van der Waals surface area contributed by atoms with Crippen LogP contribution in [-0.4, -0.2) is 5.60 Å². The van der Waals surface area contributed by atoms with E-state index in [1.165, 1.54) is 5.56 Å². The first kappa shape index (κ1) is 11.1. The van der Waals surface area contributed by atoms with Gasteiger partial charge in [0, 0.05) is 5.56 Å². The van der Waals surface area contributed by atoms with E-state index in [2.05, 4.69) is 51.4 Å². The van der Waals surface area contributed by atoms with Gasteiger partial charge in [-0.2, -0.15) is 5.48 Å². The Balaban J connectivity index is 2.06. The smallest absolute Gasteiger partial charge is 0.176 e. The number of hydroxylamine groups is 1. The zero-order valence-electron chi connectivity index (χ0n) is 10.8. The molecule has 1 atom stereocenters. The molecular weight excluding hydrogens is 214 g/mol. The van der Waals surface area contributed by atoms with Gasteiger partial charge in [0.05, 0.1) is 0 Å². The van der Waals surface area contributed by atoms with Crippen molar-refractivity contribution in [2.24, 2.45) is 0 Å². The number of hydrogen-bond donors (Lipinski definition) is 1. The van der Waals surface area contributed by atoms with E-state index in [9.17, 15) is 0 Å². The van der Waals surface area contributed by atoms with Crippen molar-refractivity contribution in [1.29, 1.82) is 0 Å². The molecule has 0 saturated carbocycles. The minimum atomic E-state index is -0.104. The average molecular weight is 233 g/mol. The van der Waals surface area contributed by atoms with E-state index in [4.69, 9.17) is 9.57 Å². The van der Waals surface area contributed by atoms with Crippen LogP contribution in [0, 0.1) is 0 Å². The van der Waals surface area contributed by atoms with Gasteiger partial charge in [-0.1, -0.05) is 26.0 Å². The highest BCUT2D eigenvalue weighted by Crippen LogP contribution is 2.45. The fourth-order valence-electron chi connectivity index (χ4n) is 3.01. The van der Waals surface area contributed by atoms with Gasteiger partial charge in [0.15, 0.2) is 6.23 Å². The third-order valence-electron chi connectivity index (χ3n) is 3.53. The van der Waals surface area contributed by atoms with Gasteiger partial charge < -0.3 is 4.74 Å². The number of rotatable bonds is 1. The second-order valence-electron chi connectivity index (χ2n) is 6.29. The van der Waals surface area contributed by atoms with Gasteiger partial charge in [-0.25, -0.2) is 0 Å². The summed E-state index contributed by atoms with van der Waals surface area (Å²) in [6.07, 6.45) is 1.09. The molecule has 2 aliphatic heterocycles.